The van der Waals surface area contributed by atoms with Crippen LogP contribution in [0.1, 0.15) is 16.7 Å². The van der Waals surface area contributed by atoms with Gasteiger partial charge in [0.05, 0.1) is 10.5 Å². The second-order valence-electron chi connectivity index (χ2n) is 6.45. The van der Waals surface area contributed by atoms with E-state index in [-0.39, 0.29) is 12.5 Å². The summed E-state index contributed by atoms with van der Waals surface area (Å²) in [5.41, 5.74) is 0.905. The normalized spacial score (nSPS) is 15.8. The Hall–Kier alpha value is -3.06. The zero-order chi connectivity index (χ0) is 20.4. The molecule has 7 heteroatoms. The van der Waals surface area contributed by atoms with E-state index in [9.17, 15) is 18.0 Å². The minimum atomic E-state index is -4.36. The number of amides is 1. The maximum atomic E-state index is 12.6. The van der Waals surface area contributed by atoms with E-state index >= 15 is 0 Å². The topological polar surface area (TPSA) is 41.5 Å². The molecule has 0 fully saturated rings. The molecule has 4 rings (SSSR count). The molecule has 1 amide bonds. The summed E-state index contributed by atoms with van der Waals surface area (Å²) in [4.78, 5) is 16.7. The van der Waals surface area contributed by atoms with Gasteiger partial charge in [-0.2, -0.15) is 18.2 Å². The molecule has 1 aliphatic heterocycles. The lowest BCUT2D eigenvalue weighted by molar-refractivity contribution is -0.137. The van der Waals surface area contributed by atoms with E-state index < -0.39 is 11.7 Å². The third-order valence-electron chi connectivity index (χ3n) is 4.46. The van der Waals surface area contributed by atoms with Crippen LogP contribution in [0.3, 0.4) is 0 Å². The molecule has 29 heavy (non-hydrogen) atoms. The number of thioether (sulfide) groups is 1. The van der Waals surface area contributed by atoms with Crippen molar-refractivity contribution in [1.82, 2.24) is 5.32 Å². The minimum Gasteiger partial charge on any atom is -0.360 e. The Kier molecular flexibility index (Phi) is 5.15. The maximum absolute atomic E-state index is 12.6. The first-order valence-electron chi connectivity index (χ1n) is 8.80. The zero-order valence-electron chi connectivity index (χ0n) is 15.0. The van der Waals surface area contributed by atoms with Crippen molar-refractivity contribution in [2.24, 2.45) is 4.99 Å². The summed E-state index contributed by atoms with van der Waals surface area (Å²) in [7, 11) is 0. The Morgan fingerprint density at radius 3 is 2.45 bits per heavy atom. The number of benzene rings is 3. The highest BCUT2D eigenvalue weighted by Gasteiger charge is 2.30. The van der Waals surface area contributed by atoms with Gasteiger partial charge in [-0.15, -0.1) is 0 Å². The molecule has 0 saturated heterocycles. The molecule has 0 spiro atoms. The summed E-state index contributed by atoms with van der Waals surface area (Å²) in [6.45, 7) is 0.277. The van der Waals surface area contributed by atoms with Gasteiger partial charge in [0.25, 0.3) is 5.91 Å². The first-order valence-corrected chi connectivity index (χ1v) is 9.62. The van der Waals surface area contributed by atoms with Crippen molar-refractivity contribution in [1.29, 1.82) is 0 Å². The van der Waals surface area contributed by atoms with Crippen LogP contribution < -0.4 is 5.32 Å². The lowest BCUT2D eigenvalue weighted by Gasteiger charge is -2.08. The van der Waals surface area contributed by atoms with Crippen LogP contribution in [-0.4, -0.2) is 11.1 Å². The van der Waals surface area contributed by atoms with Gasteiger partial charge in [0, 0.05) is 6.54 Å². The fourth-order valence-corrected chi connectivity index (χ4v) is 3.79. The fraction of sp³-hybridized carbons (Fsp3) is 0.0909. The van der Waals surface area contributed by atoms with Crippen LogP contribution in [0.2, 0.25) is 0 Å². The first-order chi connectivity index (χ1) is 13.9. The number of nitrogens with one attached hydrogen (secondary N) is 1. The van der Waals surface area contributed by atoms with Crippen molar-refractivity contribution in [2.75, 3.05) is 0 Å². The number of carbonyl (C=O) groups is 1. The Labute approximate surface area is 169 Å². The molecular weight excluding hydrogens is 397 g/mol. The van der Waals surface area contributed by atoms with Crippen LogP contribution in [0.25, 0.3) is 16.8 Å². The van der Waals surface area contributed by atoms with Gasteiger partial charge in [-0.25, -0.2) is 0 Å². The van der Waals surface area contributed by atoms with Crippen LogP contribution in [0.15, 0.2) is 76.6 Å². The van der Waals surface area contributed by atoms with E-state index in [2.05, 4.69) is 10.3 Å². The number of hydrogen-bond donors (Lipinski definition) is 1. The second-order valence-corrected chi connectivity index (χ2v) is 7.48. The first kappa shape index (κ1) is 19.3. The summed E-state index contributed by atoms with van der Waals surface area (Å²) < 4.78 is 37.9. The lowest BCUT2D eigenvalue weighted by Crippen LogP contribution is -2.18. The minimum absolute atomic E-state index is 0.277. The van der Waals surface area contributed by atoms with Gasteiger partial charge in [0.1, 0.15) is 0 Å². The van der Waals surface area contributed by atoms with E-state index in [1.807, 2.05) is 48.5 Å². The summed E-state index contributed by atoms with van der Waals surface area (Å²) >= 11 is 1.22. The molecule has 0 aliphatic carbocycles. The molecular formula is C22H15F3N2OS. The van der Waals surface area contributed by atoms with Crippen molar-refractivity contribution >= 4 is 39.7 Å². The largest absolute Gasteiger partial charge is 0.416 e. The van der Waals surface area contributed by atoms with Crippen LogP contribution in [0.4, 0.5) is 13.2 Å². The second kappa shape index (κ2) is 7.75. The Balaban J connectivity index is 1.45. The highest BCUT2D eigenvalue weighted by atomic mass is 32.2. The molecule has 0 bridgehead atoms. The number of alkyl halides is 3. The molecule has 0 atom stereocenters. The monoisotopic (exact) mass is 412 g/mol. The van der Waals surface area contributed by atoms with Crippen molar-refractivity contribution in [3.05, 3.63) is 88.3 Å². The molecule has 0 saturated carbocycles. The third kappa shape index (κ3) is 4.35. The van der Waals surface area contributed by atoms with Gasteiger partial charge >= 0.3 is 6.18 Å². The summed E-state index contributed by atoms with van der Waals surface area (Å²) in [6.07, 6.45) is -2.54. The molecule has 3 nitrogen and oxygen atoms in total. The summed E-state index contributed by atoms with van der Waals surface area (Å²) in [5.74, 6) is -0.335. The SMILES string of the molecule is O=C1N=C(NCc2ccc(C(F)(F)F)cc2)SC1=Cc1cccc2ccccc12. The molecule has 0 aromatic heterocycles. The zero-order valence-corrected chi connectivity index (χ0v) is 15.8. The predicted octanol–water partition coefficient (Wildman–Crippen LogP) is 5.62. The number of nitrogens with zero attached hydrogens (tertiary/aromatic N) is 1. The highest BCUT2D eigenvalue weighted by molar-refractivity contribution is 8.18. The van der Waals surface area contributed by atoms with Gasteiger partial charge in [0.15, 0.2) is 5.17 Å². The van der Waals surface area contributed by atoms with Crippen LogP contribution >= 0.6 is 11.8 Å². The smallest absolute Gasteiger partial charge is 0.360 e. The average Bonchev–Trinajstić information content (AvgIpc) is 3.06. The molecule has 146 valence electrons. The number of aliphatic imine (C=N–C) groups is 1. The van der Waals surface area contributed by atoms with Crippen LogP contribution in [0.5, 0.6) is 0 Å². The molecule has 3 aromatic carbocycles. The van der Waals surface area contributed by atoms with E-state index in [1.165, 1.54) is 23.9 Å². The Bertz CT molecular complexity index is 1130. The van der Waals surface area contributed by atoms with Crippen molar-refractivity contribution in [2.45, 2.75) is 12.7 Å². The van der Waals surface area contributed by atoms with Gasteiger partial charge in [-0.3, -0.25) is 4.79 Å². The molecule has 0 radical (unpaired) electrons. The number of fused-ring (bicyclic) bond motifs is 1. The fourth-order valence-electron chi connectivity index (χ4n) is 2.99. The number of carbonyl (C=O) groups excluding carboxylic acids is 1. The molecule has 1 aliphatic rings. The van der Waals surface area contributed by atoms with Crippen LogP contribution in [0, 0.1) is 0 Å². The van der Waals surface area contributed by atoms with Crippen molar-refractivity contribution < 1.29 is 18.0 Å². The van der Waals surface area contributed by atoms with Gasteiger partial charge in [-0.1, -0.05) is 54.6 Å². The Morgan fingerprint density at radius 1 is 0.966 bits per heavy atom. The number of amidine groups is 1. The Morgan fingerprint density at radius 2 is 1.69 bits per heavy atom. The lowest BCUT2D eigenvalue weighted by atomic mass is 10.0. The molecule has 3 aromatic rings. The van der Waals surface area contributed by atoms with E-state index in [4.69, 9.17) is 0 Å². The predicted molar refractivity (Wildman–Crippen MR) is 110 cm³/mol. The summed E-state index contributed by atoms with van der Waals surface area (Å²) in [6, 6.07) is 18.7. The van der Waals surface area contributed by atoms with E-state index in [0.717, 1.165) is 28.5 Å². The molecule has 1 N–H and O–H groups in total. The van der Waals surface area contributed by atoms with Gasteiger partial charge in [0.2, 0.25) is 0 Å². The standard InChI is InChI=1S/C22H15F3N2OS/c23-22(24,25)17-10-8-14(9-11-17)13-26-21-27-20(28)19(29-21)12-16-6-3-5-15-4-1-2-7-18(15)16/h1-12H,13H2,(H,26,27,28). The average molecular weight is 412 g/mol. The maximum Gasteiger partial charge on any atom is 0.416 e. The number of halogens is 3. The van der Waals surface area contributed by atoms with Crippen molar-refractivity contribution in [3.63, 3.8) is 0 Å². The third-order valence-corrected chi connectivity index (χ3v) is 5.40. The van der Waals surface area contributed by atoms with E-state index in [0.29, 0.717) is 15.6 Å². The highest BCUT2D eigenvalue weighted by Crippen LogP contribution is 2.31. The molecule has 0 unspecified atom stereocenters. The van der Waals surface area contributed by atoms with Gasteiger partial charge in [-0.05, 0) is 51.9 Å². The molecule has 1 heterocycles. The number of hydrogen-bond acceptors (Lipinski definition) is 3. The van der Waals surface area contributed by atoms with Crippen LogP contribution in [-0.2, 0) is 17.5 Å². The quantitative estimate of drug-likeness (QED) is 0.568. The van der Waals surface area contributed by atoms with Gasteiger partial charge < -0.3 is 5.32 Å². The summed E-state index contributed by atoms with van der Waals surface area (Å²) in [5, 5.41) is 5.57. The van der Waals surface area contributed by atoms with E-state index in [1.54, 1.807) is 0 Å². The van der Waals surface area contributed by atoms with Crippen molar-refractivity contribution in [3.8, 4) is 0 Å². The number of rotatable bonds is 3.